The second-order valence-electron chi connectivity index (χ2n) is 4.13. The van der Waals surface area contributed by atoms with Gasteiger partial charge < -0.3 is 5.32 Å². The highest BCUT2D eigenvalue weighted by Gasteiger charge is 2.10. The molecule has 0 saturated carbocycles. The molecule has 90 valence electrons. The summed E-state index contributed by atoms with van der Waals surface area (Å²) in [6.45, 7) is 5.19. The van der Waals surface area contributed by atoms with Crippen molar-refractivity contribution < 1.29 is 4.39 Å². The minimum atomic E-state index is -0.210. The van der Waals surface area contributed by atoms with Gasteiger partial charge in [-0.15, -0.1) is 0 Å². The van der Waals surface area contributed by atoms with Gasteiger partial charge in [-0.25, -0.2) is 4.39 Å². The van der Waals surface area contributed by atoms with Gasteiger partial charge >= 0.3 is 0 Å². The lowest BCUT2D eigenvalue weighted by molar-refractivity contribution is 0.436. The highest BCUT2D eigenvalue weighted by Crippen LogP contribution is 2.17. The Hall–Kier alpha value is 0.320. The zero-order valence-electron chi connectivity index (χ0n) is 9.43. The molecule has 1 aromatic rings. The highest BCUT2D eigenvalue weighted by atomic mass is 127. The smallest absolute Gasteiger partial charge is 0.137 e. The van der Waals surface area contributed by atoms with Crippen LogP contribution in [0, 0.1) is 11.7 Å². The summed E-state index contributed by atoms with van der Waals surface area (Å²) in [6, 6.07) is 5.64. The monoisotopic (exact) mass is 399 g/mol. The summed E-state index contributed by atoms with van der Waals surface area (Å²) in [6.07, 6.45) is 0. The van der Waals surface area contributed by atoms with Crippen LogP contribution in [0.5, 0.6) is 0 Å². The van der Waals surface area contributed by atoms with Crippen molar-refractivity contribution in [2.75, 3.05) is 4.43 Å². The average molecular weight is 400 g/mol. The number of hydrogen-bond donors (Lipinski definition) is 1. The van der Waals surface area contributed by atoms with Gasteiger partial charge in [0.25, 0.3) is 0 Å². The Morgan fingerprint density at radius 2 is 2.12 bits per heavy atom. The Balaban J connectivity index is 2.57. The fraction of sp³-hybridized carbons (Fsp3) is 0.500. The summed E-state index contributed by atoms with van der Waals surface area (Å²) in [7, 11) is 0. The maximum atomic E-state index is 13.0. The summed E-state index contributed by atoms with van der Waals surface area (Å²) in [5.41, 5.74) is 1.10. The van der Waals surface area contributed by atoms with Gasteiger partial charge in [-0.3, -0.25) is 0 Å². The van der Waals surface area contributed by atoms with Crippen molar-refractivity contribution in [3.63, 3.8) is 0 Å². The van der Waals surface area contributed by atoms with E-state index in [1.165, 1.54) is 6.07 Å². The Bertz CT molecular complexity index is 344. The van der Waals surface area contributed by atoms with Crippen LogP contribution in [0.15, 0.2) is 22.7 Å². The zero-order chi connectivity index (χ0) is 12.1. The van der Waals surface area contributed by atoms with E-state index in [4.69, 9.17) is 0 Å². The minimum Gasteiger partial charge on any atom is -0.309 e. The van der Waals surface area contributed by atoms with E-state index in [1.807, 2.05) is 12.1 Å². The Morgan fingerprint density at radius 3 is 2.62 bits per heavy atom. The van der Waals surface area contributed by atoms with Crippen molar-refractivity contribution in [2.45, 2.75) is 26.4 Å². The Labute approximate surface area is 118 Å². The molecule has 1 atom stereocenters. The van der Waals surface area contributed by atoms with Crippen molar-refractivity contribution in [3.8, 4) is 0 Å². The lowest BCUT2D eigenvalue weighted by Crippen LogP contribution is -2.34. The molecule has 0 bridgehead atoms. The normalized spacial score (nSPS) is 13.1. The van der Waals surface area contributed by atoms with Gasteiger partial charge in [0.15, 0.2) is 0 Å². The number of rotatable bonds is 5. The number of alkyl halides is 1. The van der Waals surface area contributed by atoms with Crippen molar-refractivity contribution in [1.29, 1.82) is 0 Å². The van der Waals surface area contributed by atoms with Gasteiger partial charge in [-0.2, -0.15) is 0 Å². The van der Waals surface area contributed by atoms with E-state index in [0.29, 0.717) is 16.4 Å². The van der Waals surface area contributed by atoms with Gasteiger partial charge in [0, 0.05) is 17.0 Å². The molecule has 1 unspecified atom stereocenters. The Morgan fingerprint density at radius 1 is 1.44 bits per heavy atom. The van der Waals surface area contributed by atoms with Crippen LogP contribution in [0.2, 0.25) is 0 Å². The van der Waals surface area contributed by atoms with Gasteiger partial charge in [-0.05, 0) is 39.5 Å². The number of nitrogens with one attached hydrogen (secondary N) is 1. The van der Waals surface area contributed by atoms with E-state index in [9.17, 15) is 4.39 Å². The minimum absolute atomic E-state index is 0.210. The predicted molar refractivity (Wildman–Crippen MR) is 78.5 cm³/mol. The quantitative estimate of drug-likeness (QED) is 0.579. The standard InChI is InChI=1S/C12H16BrFIN/c1-8(2)12(6-15)16-7-9-3-4-11(14)10(13)5-9/h3-5,8,12,16H,6-7H2,1-2H3. The number of halogens is 3. The summed E-state index contributed by atoms with van der Waals surface area (Å²) in [5, 5.41) is 3.48. The zero-order valence-corrected chi connectivity index (χ0v) is 13.2. The molecule has 4 heteroatoms. The molecule has 0 aliphatic rings. The lowest BCUT2D eigenvalue weighted by Gasteiger charge is -2.20. The van der Waals surface area contributed by atoms with E-state index >= 15 is 0 Å². The molecule has 1 aromatic carbocycles. The molecule has 0 aromatic heterocycles. The molecular formula is C12H16BrFIN. The van der Waals surface area contributed by atoms with E-state index in [0.717, 1.165) is 16.5 Å². The van der Waals surface area contributed by atoms with Crippen LogP contribution in [-0.4, -0.2) is 10.5 Å². The van der Waals surface area contributed by atoms with Crippen LogP contribution in [-0.2, 0) is 6.54 Å². The van der Waals surface area contributed by atoms with E-state index in [2.05, 4.69) is 57.7 Å². The van der Waals surface area contributed by atoms with Crippen molar-refractivity contribution in [2.24, 2.45) is 5.92 Å². The van der Waals surface area contributed by atoms with Crippen LogP contribution < -0.4 is 5.32 Å². The molecule has 0 amide bonds. The molecule has 0 heterocycles. The van der Waals surface area contributed by atoms with Crippen molar-refractivity contribution >= 4 is 38.5 Å². The molecule has 16 heavy (non-hydrogen) atoms. The summed E-state index contributed by atoms with van der Waals surface area (Å²) >= 11 is 5.58. The molecule has 0 spiro atoms. The molecule has 0 aliphatic carbocycles. The largest absolute Gasteiger partial charge is 0.309 e. The summed E-state index contributed by atoms with van der Waals surface area (Å²) in [4.78, 5) is 0. The first kappa shape index (κ1) is 14.4. The molecule has 0 fully saturated rings. The SMILES string of the molecule is CC(C)C(CI)NCc1ccc(F)c(Br)c1. The molecule has 1 nitrogen and oxygen atoms in total. The molecule has 0 aliphatic heterocycles. The van der Waals surface area contributed by atoms with Gasteiger partial charge in [0.05, 0.1) is 4.47 Å². The first-order valence-electron chi connectivity index (χ1n) is 5.28. The summed E-state index contributed by atoms with van der Waals surface area (Å²) < 4.78 is 14.6. The Kier molecular flexibility index (Phi) is 6.21. The second kappa shape index (κ2) is 6.91. The first-order valence-corrected chi connectivity index (χ1v) is 7.59. The van der Waals surface area contributed by atoms with E-state index in [1.54, 1.807) is 0 Å². The van der Waals surface area contributed by atoms with Crippen LogP contribution >= 0.6 is 38.5 Å². The topological polar surface area (TPSA) is 12.0 Å². The maximum absolute atomic E-state index is 13.0. The third-order valence-electron chi connectivity index (χ3n) is 2.52. The molecule has 0 radical (unpaired) electrons. The fourth-order valence-electron chi connectivity index (χ4n) is 1.37. The van der Waals surface area contributed by atoms with E-state index in [-0.39, 0.29) is 5.82 Å². The lowest BCUT2D eigenvalue weighted by atomic mass is 10.1. The predicted octanol–water partition coefficient (Wildman–Crippen LogP) is 4.14. The average Bonchev–Trinajstić information content (AvgIpc) is 2.23. The van der Waals surface area contributed by atoms with E-state index < -0.39 is 0 Å². The van der Waals surface area contributed by atoms with Gasteiger partial charge in [0.2, 0.25) is 0 Å². The van der Waals surface area contributed by atoms with Crippen molar-refractivity contribution in [1.82, 2.24) is 5.32 Å². The third-order valence-corrected chi connectivity index (χ3v) is 4.08. The van der Waals surface area contributed by atoms with Crippen LogP contribution in [0.4, 0.5) is 4.39 Å². The number of benzene rings is 1. The summed E-state index contributed by atoms with van der Waals surface area (Å²) in [5.74, 6) is 0.402. The van der Waals surface area contributed by atoms with Crippen LogP contribution in [0.25, 0.3) is 0 Å². The van der Waals surface area contributed by atoms with Crippen molar-refractivity contribution in [3.05, 3.63) is 34.1 Å². The van der Waals surface area contributed by atoms with Crippen LogP contribution in [0.3, 0.4) is 0 Å². The maximum Gasteiger partial charge on any atom is 0.137 e. The third kappa shape index (κ3) is 4.30. The van der Waals surface area contributed by atoms with Gasteiger partial charge in [-0.1, -0.05) is 42.5 Å². The highest BCUT2D eigenvalue weighted by molar-refractivity contribution is 14.1. The second-order valence-corrected chi connectivity index (χ2v) is 5.87. The molecule has 0 saturated heterocycles. The molecule has 1 rings (SSSR count). The molecule has 1 N–H and O–H groups in total. The number of hydrogen-bond acceptors (Lipinski definition) is 1. The van der Waals surface area contributed by atoms with Crippen LogP contribution in [0.1, 0.15) is 19.4 Å². The first-order chi connectivity index (χ1) is 7.54. The molecular weight excluding hydrogens is 384 g/mol. The van der Waals surface area contributed by atoms with Gasteiger partial charge in [0.1, 0.15) is 5.82 Å². The fourth-order valence-corrected chi connectivity index (χ4v) is 3.12.